The number of aryl methyl sites for hydroxylation is 1. The third-order valence-electron chi connectivity index (χ3n) is 3.52. The van der Waals surface area contributed by atoms with E-state index in [2.05, 4.69) is 6.07 Å². The summed E-state index contributed by atoms with van der Waals surface area (Å²) in [6, 6.07) is 17.9. The second-order valence-electron chi connectivity index (χ2n) is 4.95. The van der Waals surface area contributed by atoms with Crippen molar-refractivity contribution in [1.82, 2.24) is 0 Å². The van der Waals surface area contributed by atoms with E-state index in [9.17, 15) is 4.79 Å². The molecule has 21 heavy (non-hydrogen) atoms. The lowest BCUT2D eigenvalue weighted by atomic mass is 9.96. The number of hydrogen-bond donors (Lipinski definition) is 0. The van der Waals surface area contributed by atoms with Gasteiger partial charge in [0.2, 0.25) is 12.3 Å². The first-order chi connectivity index (χ1) is 9.75. The van der Waals surface area contributed by atoms with Crippen LogP contribution in [0.25, 0.3) is 10.8 Å². The Bertz CT molecular complexity index is 769. The maximum Gasteiger partial charge on any atom is 0.228 e. The Morgan fingerprint density at radius 1 is 0.952 bits per heavy atom. The zero-order valence-corrected chi connectivity index (χ0v) is 13.5. The minimum atomic E-state index is 0. The average Bonchev–Trinajstić information content (AvgIpc) is 2.48. The van der Waals surface area contributed by atoms with Crippen LogP contribution in [0.15, 0.2) is 67.0 Å². The molecule has 106 valence electrons. The normalized spacial score (nSPS) is 10.1. The van der Waals surface area contributed by atoms with Crippen LogP contribution in [0.5, 0.6) is 0 Å². The Balaban J connectivity index is 0.00000161. The van der Waals surface area contributed by atoms with Gasteiger partial charge in [0.05, 0.1) is 0 Å². The molecule has 0 saturated heterocycles. The molecule has 3 heteroatoms. The van der Waals surface area contributed by atoms with E-state index in [1.54, 1.807) is 0 Å². The summed E-state index contributed by atoms with van der Waals surface area (Å²) in [4.78, 5) is 12.6. The quantitative estimate of drug-likeness (QED) is 0.522. The number of carbonyl (C=O) groups is 1. The number of fused-ring (bicyclic) bond motifs is 1. The van der Waals surface area contributed by atoms with Crippen molar-refractivity contribution in [2.75, 3.05) is 0 Å². The van der Waals surface area contributed by atoms with Crippen LogP contribution in [0.2, 0.25) is 0 Å². The van der Waals surface area contributed by atoms with Crippen LogP contribution in [-0.4, -0.2) is 5.78 Å². The van der Waals surface area contributed by atoms with Gasteiger partial charge in [0.25, 0.3) is 0 Å². The fourth-order valence-electron chi connectivity index (χ4n) is 2.54. The van der Waals surface area contributed by atoms with E-state index in [4.69, 9.17) is 0 Å². The fraction of sp³-hybridized carbons (Fsp3) is 0.111. The standard InChI is InChI=1S/C18H16NO.BrH/c1-14-9-10-15-7-3-4-8-16(15)18(14)17(20)13-19-11-5-2-6-12-19;/h2-12H,13H2,1H3;1H/q+1;. The van der Waals surface area contributed by atoms with Crippen molar-refractivity contribution in [2.45, 2.75) is 13.5 Å². The van der Waals surface area contributed by atoms with Crippen molar-refractivity contribution in [2.24, 2.45) is 0 Å². The molecule has 0 unspecified atom stereocenters. The van der Waals surface area contributed by atoms with Gasteiger partial charge in [-0.15, -0.1) is 17.0 Å². The molecule has 1 aromatic heterocycles. The molecule has 0 atom stereocenters. The van der Waals surface area contributed by atoms with Gasteiger partial charge < -0.3 is 0 Å². The minimum absolute atomic E-state index is 0. The summed E-state index contributed by atoms with van der Waals surface area (Å²) in [6.07, 6.45) is 3.83. The van der Waals surface area contributed by atoms with Gasteiger partial charge in [0.1, 0.15) is 0 Å². The predicted molar refractivity (Wildman–Crippen MR) is 90.0 cm³/mol. The van der Waals surface area contributed by atoms with Crippen molar-refractivity contribution in [3.63, 3.8) is 0 Å². The fourth-order valence-corrected chi connectivity index (χ4v) is 2.54. The van der Waals surface area contributed by atoms with E-state index >= 15 is 0 Å². The van der Waals surface area contributed by atoms with E-state index in [0.717, 1.165) is 21.9 Å². The third kappa shape index (κ3) is 3.19. The van der Waals surface area contributed by atoms with Crippen LogP contribution in [0.3, 0.4) is 0 Å². The zero-order valence-electron chi connectivity index (χ0n) is 11.8. The summed E-state index contributed by atoms with van der Waals surface area (Å²) in [6.45, 7) is 2.37. The number of halogens is 1. The highest BCUT2D eigenvalue weighted by Gasteiger charge is 2.16. The molecule has 0 radical (unpaired) electrons. The lowest BCUT2D eigenvalue weighted by Crippen LogP contribution is -2.37. The van der Waals surface area contributed by atoms with Crippen molar-refractivity contribution < 1.29 is 9.36 Å². The monoisotopic (exact) mass is 342 g/mol. The second-order valence-corrected chi connectivity index (χ2v) is 4.95. The third-order valence-corrected chi connectivity index (χ3v) is 3.52. The molecule has 0 spiro atoms. The van der Waals surface area contributed by atoms with E-state index in [0.29, 0.717) is 6.54 Å². The Kier molecular flexibility index (Phi) is 4.86. The summed E-state index contributed by atoms with van der Waals surface area (Å²) in [5, 5.41) is 2.15. The molecular weight excluding hydrogens is 326 g/mol. The summed E-state index contributed by atoms with van der Waals surface area (Å²) in [7, 11) is 0. The van der Waals surface area contributed by atoms with E-state index in [-0.39, 0.29) is 22.8 Å². The van der Waals surface area contributed by atoms with Crippen LogP contribution in [0, 0.1) is 6.92 Å². The van der Waals surface area contributed by atoms with Gasteiger partial charge in [-0.2, -0.15) is 4.57 Å². The first-order valence-electron chi connectivity index (χ1n) is 6.71. The van der Waals surface area contributed by atoms with Crippen LogP contribution < -0.4 is 4.57 Å². The first-order valence-corrected chi connectivity index (χ1v) is 6.71. The van der Waals surface area contributed by atoms with Crippen molar-refractivity contribution in [3.8, 4) is 0 Å². The maximum atomic E-state index is 12.6. The highest BCUT2D eigenvalue weighted by Crippen LogP contribution is 2.22. The van der Waals surface area contributed by atoms with Gasteiger partial charge in [0.15, 0.2) is 12.4 Å². The minimum Gasteiger partial charge on any atom is -0.287 e. The Labute approximate surface area is 134 Å². The summed E-state index contributed by atoms with van der Waals surface area (Å²) >= 11 is 0. The van der Waals surface area contributed by atoms with E-state index in [1.807, 2.05) is 72.4 Å². The second kappa shape index (κ2) is 6.64. The number of pyridine rings is 1. The van der Waals surface area contributed by atoms with Gasteiger partial charge in [-0.25, -0.2) is 0 Å². The number of nitrogens with zero attached hydrogens (tertiary/aromatic N) is 1. The molecule has 0 aliphatic carbocycles. The van der Waals surface area contributed by atoms with Gasteiger partial charge in [-0.1, -0.05) is 42.5 Å². The van der Waals surface area contributed by atoms with Gasteiger partial charge in [-0.3, -0.25) is 4.79 Å². The van der Waals surface area contributed by atoms with Gasteiger partial charge >= 0.3 is 0 Å². The smallest absolute Gasteiger partial charge is 0.228 e. The number of benzene rings is 2. The molecule has 1 heterocycles. The Morgan fingerprint density at radius 3 is 2.43 bits per heavy atom. The SMILES string of the molecule is Br.Cc1ccc2ccccc2c1C(=O)C[n+]1ccccc1. The molecule has 0 aliphatic rings. The van der Waals surface area contributed by atoms with Crippen LogP contribution in [-0.2, 0) is 6.54 Å². The lowest BCUT2D eigenvalue weighted by molar-refractivity contribution is -0.683. The number of aromatic nitrogens is 1. The molecule has 0 bridgehead atoms. The molecule has 2 nitrogen and oxygen atoms in total. The first kappa shape index (κ1) is 15.4. The molecule has 2 aromatic carbocycles. The summed E-state index contributed by atoms with van der Waals surface area (Å²) in [5.74, 6) is 0.149. The number of carbonyl (C=O) groups excluding carboxylic acids is 1. The molecule has 0 fully saturated rings. The molecule has 0 N–H and O–H groups in total. The molecule has 3 rings (SSSR count). The summed E-state index contributed by atoms with van der Waals surface area (Å²) < 4.78 is 1.91. The number of Topliss-reactive ketones (excluding diaryl/α,β-unsaturated/α-hetero) is 1. The Morgan fingerprint density at radius 2 is 1.67 bits per heavy atom. The highest BCUT2D eigenvalue weighted by molar-refractivity contribution is 8.93. The van der Waals surface area contributed by atoms with Crippen LogP contribution in [0.1, 0.15) is 15.9 Å². The topological polar surface area (TPSA) is 20.9 Å². The molecule has 3 aromatic rings. The highest BCUT2D eigenvalue weighted by atomic mass is 79.9. The summed E-state index contributed by atoms with van der Waals surface area (Å²) in [5.41, 5.74) is 1.87. The van der Waals surface area contributed by atoms with Crippen molar-refractivity contribution in [3.05, 3.63) is 78.1 Å². The lowest BCUT2D eigenvalue weighted by Gasteiger charge is -2.07. The van der Waals surface area contributed by atoms with Gasteiger partial charge in [-0.05, 0) is 23.3 Å². The molecule has 0 saturated carbocycles. The van der Waals surface area contributed by atoms with Crippen LogP contribution in [0.4, 0.5) is 0 Å². The van der Waals surface area contributed by atoms with E-state index < -0.39 is 0 Å². The maximum absolute atomic E-state index is 12.6. The number of hydrogen-bond acceptors (Lipinski definition) is 1. The largest absolute Gasteiger partial charge is 0.287 e. The predicted octanol–water partition coefficient (Wildman–Crippen LogP) is 3.90. The molecule has 0 aliphatic heterocycles. The van der Waals surface area contributed by atoms with E-state index in [1.165, 1.54) is 0 Å². The molecular formula is C18H17BrNO+. The number of rotatable bonds is 3. The van der Waals surface area contributed by atoms with Crippen molar-refractivity contribution in [1.29, 1.82) is 0 Å². The zero-order chi connectivity index (χ0) is 13.9. The number of ketones is 1. The Hall–Kier alpha value is -2.00. The van der Waals surface area contributed by atoms with Crippen LogP contribution >= 0.6 is 17.0 Å². The van der Waals surface area contributed by atoms with Gasteiger partial charge in [0, 0.05) is 17.7 Å². The molecule has 0 amide bonds. The van der Waals surface area contributed by atoms with Crippen molar-refractivity contribution >= 4 is 33.5 Å². The average molecular weight is 343 g/mol.